The third-order valence-corrected chi connectivity index (χ3v) is 4.34. The molecular weight excluding hydrogens is 366 g/mol. The number of aryl methyl sites for hydroxylation is 1. The number of rotatable bonds is 7. The molecule has 0 aliphatic rings. The summed E-state index contributed by atoms with van der Waals surface area (Å²) in [5.74, 6) is 0.372. The molecule has 0 aromatic heterocycles. The van der Waals surface area contributed by atoms with Gasteiger partial charge in [-0.1, -0.05) is 24.3 Å². The van der Waals surface area contributed by atoms with E-state index in [9.17, 15) is 9.59 Å². The summed E-state index contributed by atoms with van der Waals surface area (Å²) in [5, 5.41) is 8.82. The molecule has 3 rings (SSSR count). The minimum absolute atomic E-state index is 0.100. The van der Waals surface area contributed by atoms with Crippen LogP contribution in [0.5, 0.6) is 5.75 Å². The van der Waals surface area contributed by atoms with Gasteiger partial charge in [0, 0.05) is 22.6 Å². The van der Waals surface area contributed by atoms with E-state index in [0.29, 0.717) is 16.9 Å². The number of amides is 2. The number of nitrogens with one attached hydrogen (secondary N) is 3. The van der Waals surface area contributed by atoms with Crippen LogP contribution < -0.4 is 20.7 Å². The normalized spacial score (nSPS) is 10.1. The van der Waals surface area contributed by atoms with E-state index in [1.165, 1.54) is 0 Å². The molecule has 6 heteroatoms. The van der Waals surface area contributed by atoms with Crippen molar-refractivity contribution >= 4 is 28.9 Å². The standard InChI is InChI=1S/C23H23N3O3/c1-16-8-9-19(26-23(28)17-6-4-3-5-7-17)14-21(16)24-15-22(27)25-18-10-12-20(29-2)13-11-18/h3-14,24H,15H2,1-2H3,(H,25,27)(H,26,28). The molecule has 0 heterocycles. The van der Waals surface area contributed by atoms with Gasteiger partial charge in [0.05, 0.1) is 13.7 Å². The molecule has 2 amide bonds. The second kappa shape index (κ2) is 9.41. The molecule has 6 nitrogen and oxygen atoms in total. The summed E-state index contributed by atoms with van der Waals surface area (Å²) in [6.45, 7) is 2.04. The van der Waals surface area contributed by atoms with Crippen LogP contribution in [0.2, 0.25) is 0 Å². The second-order valence-electron chi connectivity index (χ2n) is 6.48. The third-order valence-electron chi connectivity index (χ3n) is 4.34. The van der Waals surface area contributed by atoms with E-state index in [1.807, 2.05) is 43.3 Å². The lowest BCUT2D eigenvalue weighted by Gasteiger charge is -2.13. The summed E-state index contributed by atoms with van der Waals surface area (Å²) in [7, 11) is 1.59. The maximum Gasteiger partial charge on any atom is 0.255 e. The average Bonchev–Trinajstić information content (AvgIpc) is 2.75. The van der Waals surface area contributed by atoms with Crippen molar-refractivity contribution < 1.29 is 14.3 Å². The van der Waals surface area contributed by atoms with Crippen LogP contribution in [0.25, 0.3) is 0 Å². The van der Waals surface area contributed by atoms with E-state index in [1.54, 1.807) is 43.5 Å². The van der Waals surface area contributed by atoms with Crippen molar-refractivity contribution in [3.8, 4) is 5.75 Å². The fourth-order valence-corrected chi connectivity index (χ4v) is 2.74. The van der Waals surface area contributed by atoms with Gasteiger partial charge in [-0.25, -0.2) is 0 Å². The van der Waals surface area contributed by atoms with Crippen LogP contribution in [0, 0.1) is 6.92 Å². The van der Waals surface area contributed by atoms with Crippen molar-refractivity contribution in [1.29, 1.82) is 0 Å². The van der Waals surface area contributed by atoms with Gasteiger partial charge in [-0.3, -0.25) is 9.59 Å². The van der Waals surface area contributed by atoms with Gasteiger partial charge in [0.25, 0.3) is 5.91 Å². The number of methoxy groups -OCH3 is 1. The highest BCUT2D eigenvalue weighted by molar-refractivity contribution is 6.04. The van der Waals surface area contributed by atoms with Crippen LogP contribution in [-0.2, 0) is 4.79 Å². The smallest absolute Gasteiger partial charge is 0.255 e. The molecule has 0 radical (unpaired) electrons. The fourth-order valence-electron chi connectivity index (χ4n) is 2.74. The first kappa shape index (κ1) is 19.9. The van der Waals surface area contributed by atoms with Gasteiger partial charge in [-0.05, 0) is 61.0 Å². The molecular formula is C23H23N3O3. The Bertz CT molecular complexity index is 986. The Labute approximate surface area is 169 Å². The molecule has 0 unspecified atom stereocenters. The number of carbonyl (C=O) groups excluding carboxylic acids is 2. The van der Waals surface area contributed by atoms with Crippen LogP contribution in [0.4, 0.5) is 17.1 Å². The first-order chi connectivity index (χ1) is 14.0. The number of benzene rings is 3. The monoisotopic (exact) mass is 389 g/mol. The van der Waals surface area contributed by atoms with Gasteiger partial charge in [-0.15, -0.1) is 0 Å². The molecule has 3 N–H and O–H groups in total. The van der Waals surface area contributed by atoms with Gasteiger partial charge >= 0.3 is 0 Å². The molecule has 0 fully saturated rings. The lowest BCUT2D eigenvalue weighted by molar-refractivity contribution is -0.114. The summed E-state index contributed by atoms with van der Waals surface area (Å²) in [6, 6.07) is 21.7. The molecule has 3 aromatic rings. The summed E-state index contributed by atoms with van der Waals surface area (Å²) in [4.78, 5) is 24.5. The van der Waals surface area contributed by atoms with Crippen molar-refractivity contribution in [2.75, 3.05) is 29.6 Å². The fraction of sp³-hybridized carbons (Fsp3) is 0.130. The Morgan fingerprint density at radius 3 is 2.24 bits per heavy atom. The average molecular weight is 389 g/mol. The van der Waals surface area contributed by atoms with Gasteiger partial charge < -0.3 is 20.7 Å². The molecule has 0 spiro atoms. The molecule has 29 heavy (non-hydrogen) atoms. The molecule has 0 atom stereocenters. The Hall–Kier alpha value is -3.80. The molecule has 0 saturated carbocycles. The van der Waals surface area contributed by atoms with Crippen molar-refractivity contribution in [1.82, 2.24) is 0 Å². The van der Waals surface area contributed by atoms with Crippen molar-refractivity contribution in [2.24, 2.45) is 0 Å². The van der Waals surface area contributed by atoms with E-state index >= 15 is 0 Å². The quantitative estimate of drug-likeness (QED) is 0.563. The first-order valence-electron chi connectivity index (χ1n) is 9.20. The first-order valence-corrected chi connectivity index (χ1v) is 9.20. The zero-order valence-corrected chi connectivity index (χ0v) is 16.4. The molecule has 0 aliphatic heterocycles. The highest BCUT2D eigenvalue weighted by Crippen LogP contribution is 2.21. The van der Waals surface area contributed by atoms with Crippen LogP contribution in [-0.4, -0.2) is 25.5 Å². The zero-order valence-electron chi connectivity index (χ0n) is 16.4. The van der Waals surface area contributed by atoms with E-state index in [-0.39, 0.29) is 18.4 Å². The Morgan fingerprint density at radius 2 is 1.55 bits per heavy atom. The maximum absolute atomic E-state index is 12.3. The van der Waals surface area contributed by atoms with E-state index in [2.05, 4.69) is 16.0 Å². The third kappa shape index (κ3) is 5.59. The van der Waals surface area contributed by atoms with E-state index in [4.69, 9.17) is 4.74 Å². The van der Waals surface area contributed by atoms with Crippen LogP contribution in [0.1, 0.15) is 15.9 Å². The van der Waals surface area contributed by atoms with Gasteiger partial charge in [0.1, 0.15) is 5.75 Å². The van der Waals surface area contributed by atoms with E-state index < -0.39 is 0 Å². The molecule has 0 bridgehead atoms. The number of hydrogen-bond donors (Lipinski definition) is 3. The van der Waals surface area contributed by atoms with Gasteiger partial charge in [0.2, 0.25) is 5.91 Å². The van der Waals surface area contributed by atoms with Crippen LogP contribution in [0.3, 0.4) is 0 Å². The zero-order chi connectivity index (χ0) is 20.6. The van der Waals surface area contributed by atoms with E-state index in [0.717, 1.165) is 17.0 Å². The maximum atomic E-state index is 12.3. The summed E-state index contributed by atoms with van der Waals surface area (Å²) >= 11 is 0. The SMILES string of the molecule is COc1ccc(NC(=O)CNc2cc(NC(=O)c3ccccc3)ccc2C)cc1. The predicted octanol–water partition coefficient (Wildman–Crippen LogP) is 4.31. The number of anilines is 3. The van der Waals surface area contributed by atoms with Crippen molar-refractivity contribution in [2.45, 2.75) is 6.92 Å². The number of hydrogen-bond acceptors (Lipinski definition) is 4. The van der Waals surface area contributed by atoms with Crippen LogP contribution >= 0.6 is 0 Å². The van der Waals surface area contributed by atoms with Crippen molar-refractivity contribution in [3.63, 3.8) is 0 Å². The Morgan fingerprint density at radius 1 is 0.862 bits per heavy atom. The highest BCUT2D eigenvalue weighted by Gasteiger charge is 2.08. The topological polar surface area (TPSA) is 79.5 Å². The second-order valence-corrected chi connectivity index (χ2v) is 6.48. The van der Waals surface area contributed by atoms with Crippen LogP contribution in [0.15, 0.2) is 72.8 Å². The summed E-state index contributed by atoms with van der Waals surface area (Å²) < 4.78 is 5.10. The van der Waals surface area contributed by atoms with Crippen molar-refractivity contribution in [3.05, 3.63) is 83.9 Å². The highest BCUT2D eigenvalue weighted by atomic mass is 16.5. The summed E-state index contributed by atoms with van der Waals surface area (Å²) in [6.07, 6.45) is 0. The number of ether oxygens (including phenoxy) is 1. The predicted molar refractivity (Wildman–Crippen MR) is 116 cm³/mol. The minimum atomic E-state index is -0.183. The lowest BCUT2D eigenvalue weighted by Crippen LogP contribution is -2.22. The van der Waals surface area contributed by atoms with Gasteiger partial charge in [0.15, 0.2) is 0 Å². The summed E-state index contributed by atoms with van der Waals surface area (Å²) in [5.41, 5.74) is 3.68. The molecule has 0 saturated heterocycles. The molecule has 3 aromatic carbocycles. The Balaban J connectivity index is 1.59. The Kier molecular flexibility index (Phi) is 6.47. The lowest BCUT2D eigenvalue weighted by atomic mass is 10.1. The minimum Gasteiger partial charge on any atom is -0.497 e. The number of carbonyl (C=O) groups is 2. The molecule has 0 aliphatic carbocycles. The van der Waals surface area contributed by atoms with Gasteiger partial charge in [-0.2, -0.15) is 0 Å². The largest absolute Gasteiger partial charge is 0.497 e. The molecule has 148 valence electrons.